The number of hydrogen-bond donors (Lipinski definition) is 1. The van der Waals surface area contributed by atoms with E-state index in [0.29, 0.717) is 5.57 Å². The summed E-state index contributed by atoms with van der Waals surface area (Å²) in [7, 11) is 0. The van der Waals surface area contributed by atoms with Gasteiger partial charge in [0.05, 0.1) is 6.61 Å². The van der Waals surface area contributed by atoms with Gasteiger partial charge in [-0.1, -0.05) is 43.8 Å². The van der Waals surface area contributed by atoms with Gasteiger partial charge in [-0.15, -0.1) is 0 Å². The largest absolute Gasteiger partial charge is 0.460 e. The van der Waals surface area contributed by atoms with E-state index in [4.69, 9.17) is 9.84 Å². The molecule has 0 aliphatic carbocycles. The zero-order valence-electron chi connectivity index (χ0n) is 9.35. The predicted molar refractivity (Wildman–Crippen MR) is 62.0 cm³/mol. The van der Waals surface area contributed by atoms with Gasteiger partial charge in [0.15, 0.2) is 0 Å². The minimum Gasteiger partial charge on any atom is -0.460 e. The summed E-state index contributed by atoms with van der Waals surface area (Å²) in [5.74, 6) is -0.530. The zero-order chi connectivity index (χ0) is 12.0. The number of esters is 1. The summed E-state index contributed by atoms with van der Waals surface area (Å²) < 4.78 is 4.81. The van der Waals surface area contributed by atoms with E-state index >= 15 is 0 Å². The van der Waals surface area contributed by atoms with Gasteiger partial charge in [-0.3, -0.25) is 0 Å². The lowest BCUT2D eigenvalue weighted by molar-refractivity contribution is -0.140. The molecule has 1 atom stereocenters. The van der Waals surface area contributed by atoms with Crippen LogP contribution in [0, 0.1) is 0 Å². The Bertz CT molecular complexity index is 357. The molecule has 0 amide bonds. The van der Waals surface area contributed by atoms with Gasteiger partial charge < -0.3 is 9.84 Å². The van der Waals surface area contributed by atoms with Gasteiger partial charge in [0.1, 0.15) is 6.61 Å². The molecule has 16 heavy (non-hydrogen) atoms. The van der Waals surface area contributed by atoms with E-state index in [1.54, 1.807) is 0 Å². The van der Waals surface area contributed by atoms with Crippen molar-refractivity contribution in [3.05, 3.63) is 48.0 Å². The van der Waals surface area contributed by atoms with E-state index in [9.17, 15) is 4.79 Å². The number of carbonyl (C=O) groups excluding carboxylic acids is 1. The Morgan fingerprint density at radius 3 is 2.62 bits per heavy atom. The Kier molecular flexibility index (Phi) is 4.73. The van der Waals surface area contributed by atoms with E-state index in [1.807, 2.05) is 37.3 Å². The molecule has 0 radical (unpaired) electrons. The zero-order valence-corrected chi connectivity index (χ0v) is 9.35. The maximum absolute atomic E-state index is 11.5. The van der Waals surface area contributed by atoms with Gasteiger partial charge in [-0.25, -0.2) is 4.79 Å². The van der Waals surface area contributed by atoms with Crippen LogP contribution in [0.25, 0.3) is 0 Å². The molecule has 0 spiro atoms. The highest BCUT2D eigenvalue weighted by atomic mass is 16.5. The summed E-state index contributed by atoms with van der Waals surface area (Å²) in [6, 6.07) is 9.63. The van der Waals surface area contributed by atoms with Gasteiger partial charge in [-0.05, 0) is 5.56 Å². The molecule has 0 aliphatic heterocycles. The second kappa shape index (κ2) is 6.08. The smallest absolute Gasteiger partial charge is 0.334 e. The molecule has 0 bridgehead atoms. The van der Waals surface area contributed by atoms with Crippen molar-refractivity contribution in [2.45, 2.75) is 12.8 Å². The van der Waals surface area contributed by atoms with Crippen molar-refractivity contribution in [1.82, 2.24) is 0 Å². The second-order valence-electron chi connectivity index (χ2n) is 3.52. The predicted octanol–water partition coefficient (Wildman–Crippen LogP) is 1.88. The summed E-state index contributed by atoms with van der Waals surface area (Å²) in [6.07, 6.45) is 0. The first kappa shape index (κ1) is 12.5. The average Bonchev–Trinajstić information content (AvgIpc) is 2.35. The molecule has 0 aliphatic rings. The number of benzene rings is 1. The molecule has 1 N–H and O–H groups in total. The number of hydrogen-bond acceptors (Lipinski definition) is 3. The molecule has 0 fully saturated rings. The van der Waals surface area contributed by atoms with Gasteiger partial charge >= 0.3 is 5.97 Å². The molecule has 1 rings (SSSR count). The minimum atomic E-state index is -0.453. The van der Waals surface area contributed by atoms with Crippen molar-refractivity contribution in [3.63, 3.8) is 0 Å². The van der Waals surface area contributed by atoms with Crippen molar-refractivity contribution < 1.29 is 14.6 Å². The lowest BCUT2D eigenvalue weighted by Crippen LogP contribution is -2.14. The maximum Gasteiger partial charge on any atom is 0.334 e. The maximum atomic E-state index is 11.5. The van der Waals surface area contributed by atoms with Gasteiger partial charge in [0.25, 0.3) is 0 Å². The second-order valence-corrected chi connectivity index (χ2v) is 3.52. The van der Waals surface area contributed by atoms with Gasteiger partial charge in [-0.2, -0.15) is 0 Å². The van der Waals surface area contributed by atoms with Gasteiger partial charge in [0.2, 0.25) is 0 Å². The molecular formula is C13H16O3. The molecule has 0 aromatic heterocycles. The highest BCUT2D eigenvalue weighted by Gasteiger charge is 2.17. The molecule has 3 nitrogen and oxygen atoms in total. The summed E-state index contributed by atoms with van der Waals surface area (Å²) >= 11 is 0. The van der Waals surface area contributed by atoms with Crippen LogP contribution in [0.2, 0.25) is 0 Å². The van der Waals surface area contributed by atoms with Crippen molar-refractivity contribution in [3.8, 4) is 0 Å². The van der Waals surface area contributed by atoms with Crippen LogP contribution < -0.4 is 0 Å². The van der Waals surface area contributed by atoms with E-state index in [2.05, 4.69) is 6.58 Å². The number of carbonyl (C=O) groups is 1. The number of aliphatic hydroxyl groups is 1. The lowest BCUT2D eigenvalue weighted by Gasteiger charge is -2.13. The molecule has 0 saturated heterocycles. The van der Waals surface area contributed by atoms with Crippen molar-refractivity contribution in [2.24, 2.45) is 0 Å². The van der Waals surface area contributed by atoms with E-state index in [1.165, 1.54) is 0 Å². The molecule has 0 saturated carbocycles. The molecular weight excluding hydrogens is 204 g/mol. The summed E-state index contributed by atoms with van der Waals surface area (Å²) in [4.78, 5) is 11.5. The quantitative estimate of drug-likeness (QED) is 0.608. The van der Waals surface area contributed by atoms with E-state index in [0.717, 1.165) is 5.56 Å². The third kappa shape index (κ3) is 3.21. The normalized spacial score (nSPS) is 11.9. The lowest BCUT2D eigenvalue weighted by atomic mass is 9.94. The molecule has 1 unspecified atom stereocenters. The molecule has 1 aromatic carbocycles. The van der Waals surface area contributed by atoms with Crippen LogP contribution in [0.1, 0.15) is 18.4 Å². The van der Waals surface area contributed by atoms with Crippen molar-refractivity contribution in [2.75, 3.05) is 13.2 Å². The van der Waals surface area contributed by atoms with Crippen LogP contribution in [0.5, 0.6) is 0 Å². The summed E-state index contributed by atoms with van der Waals surface area (Å²) in [6.45, 7) is 5.47. The Morgan fingerprint density at radius 2 is 2.06 bits per heavy atom. The number of ether oxygens (including phenoxy) is 1. The topological polar surface area (TPSA) is 46.5 Å². The van der Waals surface area contributed by atoms with Crippen molar-refractivity contribution in [1.29, 1.82) is 0 Å². The summed E-state index contributed by atoms with van der Waals surface area (Å²) in [5, 5.41) is 8.55. The van der Waals surface area contributed by atoms with E-state index in [-0.39, 0.29) is 19.1 Å². The van der Waals surface area contributed by atoms with Crippen LogP contribution in [0.15, 0.2) is 42.5 Å². The third-order valence-electron chi connectivity index (χ3n) is 2.41. The van der Waals surface area contributed by atoms with Crippen LogP contribution in [0.4, 0.5) is 0 Å². The molecule has 3 heteroatoms. The summed E-state index contributed by atoms with van der Waals surface area (Å²) in [5.41, 5.74) is 1.42. The fourth-order valence-corrected chi connectivity index (χ4v) is 1.35. The van der Waals surface area contributed by atoms with Crippen LogP contribution in [-0.2, 0) is 9.53 Å². The van der Waals surface area contributed by atoms with Crippen LogP contribution in [0.3, 0.4) is 0 Å². The van der Waals surface area contributed by atoms with Gasteiger partial charge in [0, 0.05) is 11.5 Å². The third-order valence-corrected chi connectivity index (χ3v) is 2.41. The highest BCUT2D eigenvalue weighted by molar-refractivity contribution is 5.89. The fourth-order valence-electron chi connectivity index (χ4n) is 1.35. The Hall–Kier alpha value is -1.61. The monoisotopic (exact) mass is 220 g/mol. The highest BCUT2D eigenvalue weighted by Crippen LogP contribution is 2.22. The van der Waals surface area contributed by atoms with Crippen LogP contribution >= 0.6 is 0 Å². The minimum absolute atomic E-state index is 0.0133. The molecule has 86 valence electrons. The Balaban J connectivity index is 2.64. The average molecular weight is 220 g/mol. The SMILES string of the molecule is C=C(C(=O)OCCO)C(C)c1ccccc1. The van der Waals surface area contributed by atoms with Crippen molar-refractivity contribution >= 4 is 5.97 Å². The fraction of sp³-hybridized carbons (Fsp3) is 0.308. The Morgan fingerprint density at radius 1 is 1.44 bits per heavy atom. The Labute approximate surface area is 95.4 Å². The molecule has 1 aromatic rings. The first-order valence-electron chi connectivity index (χ1n) is 5.18. The van der Waals surface area contributed by atoms with E-state index < -0.39 is 5.97 Å². The standard InChI is InChI=1S/C13H16O3/c1-10(12-6-4-3-5-7-12)11(2)13(15)16-9-8-14/h3-7,10,14H,2,8-9H2,1H3. The first-order valence-corrected chi connectivity index (χ1v) is 5.18. The first-order chi connectivity index (χ1) is 7.66. The number of rotatable bonds is 5. The number of aliphatic hydroxyl groups excluding tert-OH is 1. The van der Waals surface area contributed by atoms with Crippen LogP contribution in [-0.4, -0.2) is 24.3 Å². The molecule has 0 heterocycles.